The fourth-order valence-corrected chi connectivity index (χ4v) is 5.78. The number of alkyl halides is 6. The number of aliphatic hydroxyl groups excluding tert-OH is 4. The summed E-state index contributed by atoms with van der Waals surface area (Å²) in [5.41, 5.74) is -9.14. The Hall–Kier alpha value is -4.57. The molecule has 0 bridgehead atoms. The Labute approximate surface area is 323 Å². The summed E-state index contributed by atoms with van der Waals surface area (Å²) in [6.45, 7) is -0.0232. The van der Waals surface area contributed by atoms with E-state index in [4.69, 9.17) is 36.7 Å². The lowest BCUT2D eigenvalue weighted by Gasteiger charge is -2.17. The normalized spacial score (nSPS) is 23.4. The van der Waals surface area contributed by atoms with Gasteiger partial charge in [-0.25, -0.2) is 14.4 Å². The summed E-state index contributed by atoms with van der Waals surface area (Å²) in [5.74, 6) is 0.511. The first-order valence-electron chi connectivity index (χ1n) is 16.1. The molecule has 9 N–H and O–H groups in total. The number of aliphatic hydroxyl groups is 4. The summed E-state index contributed by atoms with van der Waals surface area (Å²) in [5, 5.41) is 44.4. The number of ether oxygens (including phenoxy) is 2. The van der Waals surface area contributed by atoms with Gasteiger partial charge in [0.25, 0.3) is 16.7 Å². The zero-order valence-electron chi connectivity index (χ0n) is 28.7. The van der Waals surface area contributed by atoms with Gasteiger partial charge in [0.1, 0.15) is 40.8 Å². The Morgan fingerprint density at radius 3 is 1.54 bits per heavy atom. The SMILES string of the molecule is Cl.N=C1CCCN1Cc1[nH]c(=O)[nH]c(=O)c1Cl.O=c1[nH]c(=O)n([C@H]2C[C@H](O)[C@@H](CO)O2)cc1C(F)(F)F.O=c1[nH]c(=O)n([C@H]2C[C@H](O)[C@@H](CO)O2)cc1C(F)(F)F. The lowest BCUT2D eigenvalue weighted by molar-refractivity contribution is -0.140. The van der Waals surface area contributed by atoms with Crippen molar-refractivity contribution in [2.45, 2.75) is 81.5 Å². The molecule has 28 heteroatoms. The molecule has 0 amide bonds. The van der Waals surface area contributed by atoms with Crippen molar-refractivity contribution in [2.24, 2.45) is 0 Å². The van der Waals surface area contributed by atoms with Crippen molar-refractivity contribution in [3.63, 3.8) is 0 Å². The van der Waals surface area contributed by atoms with E-state index in [1.54, 1.807) is 14.9 Å². The highest BCUT2D eigenvalue weighted by molar-refractivity contribution is 6.31. The second-order valence-electron chi connectivity index (χ2n) is 12.3. The van der Waals surface area contributed by atoms with Crippen LogP contribution in [-0.4, -0.2) is 104 Å². The second-order valence-corrected chi connectivity index (χ2v) is 12.7. The van der Waals surface area contributed by atoms with Gasteiger partial charge in [0.15, 0.2) is 0 Å². The van der Waals surface area contributed by atoms with Crippen molar-refractivity contribution in [1.29, 1.82) is 5.41 Å². The van der Waals surface area contributed by atoms with Gasteiger partial charge in [-0.2, -0.15) is 26.3 Å². The number of aromatic nitrogens is 6. The molecule has 0 saturated carbocycles. The minimum Gasteiger partial charge on any atom is -0.394 e. The maximum atomic E-state index is 12.6. The van der Waals surface area contributed by atoms with Crippen LogP contribution in [0.2, 0.25) is 5.02 Å². The van der Waals surface area contributed by atoms with Crippen molar-refractivity contribution in [3.8, 4) is 0 Å². The van der Waals surface area contributed by atoms with E-state index in [0.717, 1.165) is 19.4 Å². The van der Waals surface area contributed by atoms with Gasteiger partial charge in [-0.15, -0.1) is 12.4 Å². The number of aromatic amines is 4. The molecule has 20 nitrogen and oxygen atoms in total. The predicted molar refractivity (Wildman–Crippen MR) is 183 cm³/mol. The molecule has 6 heterocycles. The molecule has 3 aromatic heterocycles. The molecule has 57 heavy (non-hydrogen) atoms. The van der Waals surface area contributed by atoms with Crippen LogP contribution in [0.15, 0.2) is 41.2 Å². The van der Waals surface area contributed by atoms with Gasteiger partial charge in [0, 0.05) is 38.2 Å². The highest BCUT2D eigenvalue weighted by atomic mass is 35.5. The number of halogens is 8. The van der Waals surface area contributed by atoms with Crippen LogP contribution in [0.1, 0.15) is 55.0 Å². The highest BCUT2D eigenvalue weighted by Gasteiger charge is 2.40. The summed E-state index contributed by atoms with van der Waals surface area (Å²) < 4.78 is 86.8. The Balaban J connectivity index is 0.000000229. The first-order valence-corrected chi connectivity index (χ1v) is 16.5. The molecular formula is C29H34Cl2F6N8O12. The summed E-state index contributed by atoms with van der Waals surface area (Å²) in [6.07, 6.45) is -14.4. The minimum atomic E-state index is -4.92. The number of nitrogens with zero attached hydrogens (tertiary/aromatic N) is 3. The van der Waals surface area contributed by atoms with Crippen LogP contribution in [-0.2, 0) is 28.4 Å². The number of amidine groups is 1. The molecule has 0 spiro atoms. The first-order chi connectivity index (χ1) is 26.0. The Bertz CT molecular complexity index is 2150. The summed E-state index contributed by atoms with van der Waals surface area (Å²) in [7, 11) is 0. The zero-order valence-corrected chi connectivity index (χ0v) is 30.3. The van der Waals surface area contributed by atoms with Crippen LogP contribution >= 0.6 is 24.0 Å². The van der Waals surface area contributed by atoms with Crippen molar-refractivity contribution in [3.05, 3.63) is 96.8 Å². The number of H-pyrrole nitrogens is 4. The fourth-order valence-electron chi connectivity index (χ4n) is 5.63. The number of nitrogens with one attached hydrogen (secondary N) is 5. The Morgan fingerprint density at radius 1 is 0.754 bits per heavy atom. The van der Waals surface area contributed by atoms with Crippen molar-refractivity contribution < 1.29 is 56.2 Å². The van der Waals surface area contributed by atoms with E-state index in [-0.39, 0.29) is 30.3 Å². The molecule has 0 unspecified atom stereocenters. The molecule has 3 fully saturated rings. The van der Waals surface area contributed by atoms with E-state index >= 15 is 0 Å². The molecule has 3 saturated heterocycles. The maximum Gasteiger partial charge on any atom is 0.423 e. The average Bonchev–Trinajstić information content (AvgIpc) is 3.79. The van der Waals surface area contributed by atoms with Gasteiger partial charge >= 0.3 is 29.4 Å². The van der Waals surface area contributed by atoms with Gasteiger partial charge in [-0.3, -0.25) is 43.9 Å². The fraction of sp³-hybridized carbons (Fsp3) is 0.552. The zero-order chi connectivity index (χ0) is 41.9. The minimum absolute atomic E-state index is 0. The van der Waals surface area contributed by atoms with Crippen LogP contribution in [0.25, 0.3) is 0 Å². The van der Waals surface area contributed by atoms with E-state index < -0.39 is 107 Å². The molecule has 0 radical (unpaired) electrons. The second kappa shape index (κ2) is 18.8. The summed E-state index contributed by atoms with van der Waals surface area (Å²) in [4.78, 5) is 77.0. The van der Waals surface area contributed by atoms with Gasteiger partial charge in [-0.1, -0.05) is 11.6 Å². The summed E-state index contributed by atoms with van der Waals surface area (Å²) >= 11 is 5.78. The molecule has 0 aliphatic carbocycles. The van der Waals surface area contributed by atoms with Crippen LogP contribution in [0.5, 0.6) is 0 Å². The number of likely N-dealkylation sites (tertiary alicyclic amines) is 1. The number of hydrogen-bond acceptors (Lipinski definition) is 13. The lowest BCUT2D eigenvalue weighted by Crippen LogP contribution is -2.36. The molecular weight excluding hydrogens is 837 g/mol. The predicted octanol–water partition coefficient (Wildman–Crippen LogP) is -0.896. The van der Waals surface area contributed by atoms with Crippen LogP contribution < -0.4 is 33.7 Å². The quantitative estimate of drug-likeness (QED) is 0.136. The largest absolute Gasteiger partial charge is 0.423 e. The number of hydrogen-bond donors (Lipinski definition) is 9. The Kier molecular flexibility index (Phi) is 15.4. The first kappa shape index (κ1) is 46.8. The van der Waals surface area contributed by atoms with Crippen LogP contribution in [0, 0.1) is 5.41 Å². The maximum absolute atomic E-state index is 12.6. The van der Waals surface area contributed by atoms with Gasteiger partial charge in [0.05, 0.1) is 43.5 Å². The third-order valence-corrected chi connectivity index (χ3v) is 8.86. The monoisotopic (exact) mass is 870 g/mol. The molecule has 6 atom stereocenters. The molecule has 6 rings (SSSR count). The summed E-state index contributed by atoms with van der Waals surface area (Å²) in [6, 6.07) is 0. The smallest absolute Gasteiger partial charge is 0.394 e. The van der Waals surface area contributed by atoms with E-state index in [1.807, 2.05) is 4.98 Å². The van der Waals surface area contributed by atoms with E-state index in [0.29, 0.717) is 39.6 Å². The lowest BCUT2D eigenvalue weighted by atomic mass is 10.2. The highest BCUT2D eigenvalue weighted by Crippen LogP contribution is 2.31. The van der Waals surface area contributed by atoms with Gasteiger partial charge in [-0.05, 0) is 6.42 Å². The van der Waals surface area contributed by atoms with Gasteiger partial charge in [0.2, 0.25) is 0 Å². The topological polar surface area (TPSA) is 302 Å². The standard InChI is InChI=1S/2C10H11F3N2O5.C9H11ClN4O2.ClH/c2*11-10(12,13)4-2-15(9(19)14-8(4)18)7-1-5(17)6(3-16)20-7;10-7-5(12-9(16)13-8(7)15)4-14-3-1-2-6(14)11;/h2*2,5-7,16-17H,1,3H2,(H,14,18,19);11H,1-4H2,(H2,12,13,15,16);1H/t2*5-,6+,7+;;/m00../s1. The van der Waals surface area contributed by atoms with Crippen LogP contribution in [0.4, 0.5) is 26.3 Å². The molecule has 3 aliphatic heterocycles. The van der Waals surface area contributed by atoms with Crippen molar-refractivity contribution >= 4 is 29.8 Å². The van der Waals surface area contributed by atoms with Gasteiger partial charge < -0.3 is 39.8 Å². The molecule has 3 aliphatic rings. The molecule has 0 aromatic carbocycles. The Morgan fingerprint density at radius 2 is 1.19 bits per heavy atom. The van der Waals surface area contributed by atoms with Crippen molar-refractivity contribution in [1.82, 2.24) is 34.0 Å². The molecule has 318 valence electrons. The number of rotatable bonds is 6. The third kappa shape index (κ3) is 11.3. The van der Waals surface area contributed by atoms with E-state index in [9.17, 15) is 65.3 Å². The molecule has 3 aromatic rings. The van der Waals surface area contributed by atoms with E-state index in [2.05, 4.69) is 4.98 Å². The van der Waals surface area contributed by atoms with E-state index in [1.165, 1.54) is 0 Å². The average molecular weight is 872 g/mol. The van der Waals surface area contributed by atoms with Crippen molar-refractivity contribution in [2.75, 3.05) is 19.8 Å². The third-order valence-electron chi connectivity index (χ3n) is 8.46. The van der Waals surface area contributed by atoms with Crippen LogP contribution in [0.3, 0.4) is 0 Å².